The molecule has 0 aliphatic carbocycles. The zero-order valence-corrected chi connectivity index (χ0v) is 21.6. The van der Waals surface area contributed by atoms with Crippen LogP contribution in [0.5, 0.6) is 0 Å². The maximum Gasteiger partial charge on any atom is 0.191 e. The van der Waals surface area contributed by atoms with Gasteiger partial charge < -0.3 is 25.0 Å². The third-order valence-electron chi connectivity index (χ3n) is 5.21. The fourth-order valence-corrected chi connectivity index (χ4v) is 3.43. The van der Waals surface area contributed by atoms with Crippen molar-refractivity contribution in [2.24, 2.45) is 10.9 Å². The molecule has 1 heterocycles. The fourth-order valence-electron chi connectivity index (χ4n) is 3.43. The van der Waals surface area contributed by atoms with E-state index in [0.717, 1.165) is 45.4 Å². The molecule has 176 valence electrons. The molecule has 0 aromatic heterocycles. The number of morpholine rings is 1. The fraction of sp³-hybridized carbons (Fsp3) is 0.480. The number of nitrogens with one attached hydrogen (secondary N) is 2. The third-order valence-corrected chi connectivity index (χ3v) is 5.21. The summed E-state index contributed by atoms with van der Waals surface area (Å²) in [5, 5.41) is 6.77. The Labute approximate surface area is 209 Å². The van der Waals surface area contributed by atoms with Crippen molar-refractivity contribution in [3.8, 4) is 0 Å². The normalized spacial score (nSPS) is 15.1. The van der Waals surface area contributed by atoms with Gasteiger partial charge in [-0.25, -0.2) is 4.99 Å². The van der Waals surface area contributed by atoms with Crippen LogP contribution in [-0.4, -0.2) is 52.0 Å². The number of anilines is 1. The number of nitrogens with zero attached hydrogens (tertiary/aromatic N) is 2. The van der Waals surface area contributed by atoms with E-state index in [0.29, 0.717) is 25.7 Å². The number of ether oxygens (including phenoxy) is 2. The molecule has 0 bridgehead atoms. The van der Waals surface area contributed by atoms with Crippen LogP contribution in [0.15, 0.2) is 59.6 Å². The highest BCUT2D eigenvalue weighted by Crippen LogP contribution is 2.17. The van der Waals surface area contributed by atoms with Gasteiger partial charge in [0.25, 0.3) is 0 Å². The van der Waals surface area contributed by atoms with E-state index < -0.39 is 0 Å². The average Bonchev–Trinajstić information content (AvgIpc) is 2.82. The number of hydrogen-bond acceptors (Lipinski definition) is 4. The Balaban J connectivity index is 0.00000363. The van der Waals surface area contributed by atoms with Gasteiger partial charge in [-0.15, -0.1) is 24.0 Å². The predicted octanol–water partition coefficient (Wildman–Crippen LogP) is 4.05. The first kappa shape index (κ1) is 26.4. The Morgan fingerprint density at radius 2 is 1.75 bits per heavy atom. The van der Waals surface area contributed by atoms with Gasteiger partial charge in [-0.2, -0.15) is 0 Å². The highest BCUT2D eigenvalue weighted by Gasteiger charge is 2.10. The molecule has 0 spiro atoms. The summed E-state index contributed by atoms with van der Waals surface area (Å²) in [6, 6.07) is 19.0. The van der Waals surface area contributed by atoms with Gasteiger partial charge in [-0.05, 0) is 36.1 Å². The van der Waals surface area contributed by atoms with E-state index in [-0.39, 0.29) is 24.0 Å². The molecule has 1 aliphatic rings. The van der Waals surface area contributed by atoms with E-state index in [4.69, 9.17) is 14.5 Å². The number of aliphatic imine (C=N–C) groups is 1. The smallest absolute Gasteiger partial charge is 0.191 e. The zero-order chi connectivity index (χ0) is 21.7. The summed E-state index contributed by atoms with van der Waals surface area (Å²) in [6.45, 7) is 11.5. The van der Waals surface area contributed by atoms with Crippen LogP contribution in [0.4, 0.5) is 5.69 Å². The first-order chi connectivity index (χ1) is 15.2. The Bertz CT molecular complexity index is 780. The number of halogens is 1. The van der Waals surface area contributed by atoms with Gasteiger partial charge in [0, 0.05) is 31.9 Å². The molecule has 3 rings (SSSR count). The van der Waals surface area contributed by atoms with Crippen LogP contribution in [0.2, 0.25) is 0 Å². The van der Waals surface area contributed by atoms with Crippen molar-refractivity contribution in [1.29, 1.82) is 0 Å². The van der Waals surface area contributed by atoms with Crippen LogP contribution in [0.3, 0.4) is 0 Å². The minimum absolute atomic E-state index is 0. The summed E-state index contributed by atoms with van der Waals surface area (Å²) in [6.07, 6.45) is 0. The summed E-state index contributed by atoms with van der Waals surface area (Å²) in [5.41, 5.74) is 3.66. The lowest BCUT2D eigenvalue weighted by Gasteiger charge is -2.28. The molecule has 2 aromatic rings. The average molecular weight is 553 g/mol. The van der Waals surface area contributed by atoms with Crippen LogP contribution in [0, 0.1) is 5.92 Å². The molecule has 1 unspecified atom stereocenters. The van der Waals surface area contributed by atoms with Crippen LogP contribution in [-0.2, 0) is 22.6 Å². The lowest BCUT2D eigenvalue weighted by Crippen LogP contribution is -2.40. The van der Waals surface area contributed by atoms with Crippen molar-refractivity contribution >= 4 is 35.6 Å². The minimum Gasteiger partial charge on any atom is -0.378 e. The highest BCUT2D eigenvalue weighted by molar-refractivity contribution is 14.0. The van der Waals surface area contributed by atoms with Crippen molar-refractivity contribution < 1.29 is 9.47 Å². The van der Waals surface area contributed by atoms with E-state index in [1.54, 1.807) is 0 Å². The largest absolute Gasteiger partial charge is 0.378 e. The molecule has 1 aliphatic heterocycles. The summed E-state index contributed by atoms with van der Waals surface area (Å²) in [4.78, 5) is 7.11. The van der Waals surface area contributed by atoms with Gasteiger partial charge in [0.05, 0.1) is 33.0 Å². The van der Waals surface area contributed by atoms with Crippen molar-refractivity contribution in [2.75, 3.05) is 50.9 Å². The van der Waals surface area contributed by atoms with Gasteiger partial charge in [-0.1, -0.05) is 49.4 Å². The zero-order valence-electron chi connectivity index (χ0n) is 19.3. The molecular weight excluding hydrogens is 515 g/mol. The SMILES string of the molecule is CCNC(=NCc1ccc(N2CCOCC2)cc1)NCC(C)COCc1ccccc1.I. The second-order valence-electron chi connectivity index (χ2n) is 7.95. The minimum atomic E-state index is 0. The van der Waals surface area contributed by atoms with E-state index in [1.807, 2.05) is 18.2 Å². The van der Waals surface area contributed by atoms with Crippen molar-refractivity contribution in [1.82, 2.24) is 10.6 Å². The Hall–Kier alpha value is -1.84. The molecular formula is C25H37IN4O2. The Kier molecular flexibility index (Phi) is 12.4. The van der Waals surface area contributed by atoms with Crippen LogP contribution in [0.25, 0.3) is 0 Å². The van der Waals surface area contributed by atoms with E-state index in [2.05, 4.69) is 65.8 Å². The molecule has 32 heavy (non-hydrogen) atoms. The van der Waals surface area contributed by atoms with Crippen LogP contribution >= 0.6 is 24.0 Å². The summed E-state index contributed by atoms with van der Waals surface area (Å²) in [7, 11) is 0. The Morgan fingerprint density at radius 1 is 1.03 bits per heavy atom. The van der Waals surface area contributed by atoms with Gasteiger partial charge in [-0.3, -0.25) is 0 Å². The van der Waals surface area contributed by atoms with Gasteiger partial charge >= 0.3 is 0 Å². The molecule has 2 N–H and O–H groups in total. The van der Waals surface area contributed by atoms with Gasteiger partial charge in [0.15, 0.2) is 5.96 Å². The first-order valence-corrected chi connectivity index (χ1v) is 11.3. The monoisotopic (exact) mass is 552 g/mol. The molecule has 6 nitrogen and oxygen atoms in total. The van der Waals surface area contributed by atoms with Crippen molar-refractivity contribution in [3.63, 3.8) is 0 Å². The van der Waals surface area contributed by atoms with Crippen molar-refractivity contribution in [3.05, 3.63) is 65.7 Å². The maximum atomic E-state index is 5.85. The number of rotatable bonds is 10. The summed E-state index contributed by atoms with van der Waals surface area (Å²) < 4.78 is 11.3. The Morgan fingerprint density at radius 3 is 2.44 bits per heavy atom. The van der Waals surface area contributed by atoms with Crippen LogP contribution in [0.1, 0.15) is 25.0 Å². The van der Waals surface area contributed by atoms with E-state index in [9.17, 15) is 0 Å². The lowest BCUT2D eigenvalue weighted by atomic mass is 10.2. The molecule has 1 saturated heterocycles. The second kappa shape index (κ2) is 15.1. The standard InChI is InChI=1S/C25H36N4O2.HI/c1-3-26-25(27-17-21(2)19-31-20-23-7-5-4-6-8-23)28-18-22-9-11-24(12-10-22)29-13-15-30-16-14-29;/h4-12,21H,3,13-20H2,1-2H3,(H2,26,27,28);1H. The number of guanidine groups is 1. The lowest BCUT2D eigenvalue weighted by molar-refractivity contribution is 0.0931. The highest BCUT2D eigenvalue weighted by atomic mass is 127. The van der Waals surface area contributed by atoms with Crippen molar-refractivity contribution in [2.45, 2.75) is 27.0 Å². The topological polar surface area (TPSA) is 58.1 Å². The van der Waals surface area contributed by atoms with E-state index >= 15 is 0 Å². The second-order valence-corrected chi connectivity index (χ2v) is 7.95. The quantitative estimate of drug-likeness (QED) is 0.265. The van der Waals surface area contributed by atoms with Crippen LogP contribution < -0.4 is 15.5 Å². The first-order valence-electron chi connectivity index (χ1n) is 11.3. The molecule has 1 fully saturated rings. The molecule has 2 aromatic carbocycles. The molecule has 0 amide bonds. The predicted molar refractivity (Wildman–Crippen MR) is 143 cm³/mol. The third kappa shape index (κ3) is 9.34. The number of hydrogen-bond donors (Lipinski definition) is 2. The number of benzene rings is 2. The summed E-state index contributed by atoms with van der Waals surface area (Å²) >= 11 is 0. The molecule has 7 heteroatoms. The van der Waals surface area contributed by atoms with E-state index in [1.165, 1.54) is 16.8 Å². The summed E-state index contributed by atoms with van der Waals surface area (Å²) in [5.74, 6) is 1.23. The maximum absolute atomic E-state index is 5.85. The van der Waals surface area contributed by atoms with Gasteiger partial charge in [0.1, 0.15) is 0 Å². The molecule has 0 saturated carbocycles. The van der Waals surface area contributed by atoms with Gasteiger partial charge in [0.2, 0.25) is 0 Å². The molecule has 0 radical (unpaired) electrons. The molecule has 1 atom stereocenters.